The van der Waals surface area contributed by atoms with Crippen LogP contribution in [-0.4, -0.2) is 0 Å². The number of benzene rings is 1. The molecule has 2 rings (SSSR count). The third-order valence-corrected chi connectivity index (χ3v) is 2.89. The summed E-state index contributed by atoms with van der Waals surface area (Å²) in [6, 6.07) is 7.13. The summed E-state index contributed by atoms with van der Waals surface area (Å²) >= 11 is 8.90. The molecule has 1 aromatic carbocycles. The molecule has 2 N–H and O–H groups in total. The van der Waals surface area contributed by atoms with E-state index < -0.39 is 6.04 Å². The number of hydrogen-bond donors (Lipinski definition) is 1. The van der Waals surface area contributed by atoms with Crippen molar-refractivity contribution >= 4 is 27.5 Å². The normalized spacial score (nSPS) is 12.8. The van der Waals surface area contributed by atoms with Crippen LogP contribution in [0.2, 0.25) is 5.22 Å². The van der Waals surface area contributed by atoms with Crippen LogP contribution in [0.15, 0.2) is 39.2 Å². The second-order valence-electron chi connectivity index (χ2n) is 3.29. The largest absolute Gasteiger partial charge is 0.448 e. The Hall–Kier alpha value is -0.840. The highest BCUT2D eigenvalue weighted by Crippen LogP contribution is 2.27. The fourth-order valence-electron chi connectivity index (χ4n) is 1.40. The highest BCUT2D eigenvalue weighted by Gasteiger charge is 2.17. The van der Waals surface area contributed by atoms with Gasteiger partial charge in [-0.05, 0) is 41.9 Å². The number of nitrogens with two attached hydrogens (primary N) is 1. The number of furan rings is 1. The zero-order chi connectivity index (χ0) is 11.7. The topological polar surface area (TPSA) is 39.2 Å². The van der Waals surface area contributed by atoms with Crippen LogP contribution in [0.5, 0.6) is 0 Å². The van der Waals surface area contributed by atoms with Gasteiger partial charge in [-0.2, -0.15) is 0 Å². The summed E-state index contributed by atoms with van der Waals surface area (Å²) in [5.74, 6) is 0.0604. The fraction of sp³-hybridized carbons (Fsp3) is 0.0909. The molecule has 1 unspecified atom stereocenters. The standard InChI is InChI=1S/C11H8BrClFNO/c12-6-1-2-8(14)7(5-6)11(15)9-3-4-10(13)16-9/h1-5,11H,15H2. The van der Waals surface area contributed by atoms with Gasteiger partial charge in [-0.3, -0.25) is 0 Å². The molecule has 0 radical (unpaired) electrons. The first kappa shape index (κ1) is 11.6. The van der Waals surface area contributed by atoms with Crippen LogP contribution in [0.4, 0.5) is 4.39 Å². The first-order chi connectivity index (χ1) is 7.58. The Kier molecular flexibility index (Phi) is 3.33. The van der Waals surface area contributed by atoms with Crippen LogP contribution in [0.1, 0.15) is 17.4 Å². The first-order valence-corrected chi connectivity index (χ1v) is 5.71. The van der Waals surface area contributed by atoms with Crippen molar-refractivity contribution in [3.05, 3.63) is 57.2 Å². The molecule has 1 heterocycles. The molecule has 0 aliphatic heterocycles. The van der Waals surface area contributed by atoms with Crippen molar-refractivity contribution in [2.75, 3.05) is 0 Å². The average molecular weight is 305 g/mol. The quantitative estimate of drug-likeness (QED) is 0.914. The number of halogens is 3. The van der Waals surface area contributed by atoms with E-state index in [1.165, 1.54) is 6.07 Å². The van der Waals surface area contributed by atoms with Crippen molar-refractivity contribution in [2.24, 2.45) is 5.73 Å². The predicted molar refractivity (Wildman–Crippen MR) is 63.8 cm³/mol. The van der Waals surface area contributed by atoms with E-state index in [9.17, 15) is 4.39 Å². The zero-order valence-corrected chi connectivity index (χ0v) is 10.4. The minimum atomic E-state index is -0.662. The molecule has 84 valence electrons. The van der Waals surface area contributed by atoms with Crippen LogP contribution in [-0.2, 0) is 0 Å². The van der Waals surface area contributed by atoms with Crippen LogP contribution >= 0.6 is 27.5 Å². The Morgan fingerprint density at radius 2 is 2.06 bits per heavy atom. The summed E-state index contributed by atoms with van der Waals surface area (Å²) in [7, 11) is 0. The fourth-order valence-corrected chi connectivity index (χ4v) is 1.93. The Morgan fingerprint density at radius 3 is 2.69 bits per heavy atom. The van der Waals surface area contributed by atoms with Crippen molar-refractivity contribution in [1.29, 1.82) is 0 Å². The SMILES string of the molecule is NC(c1ccc(Cl)o1)c1cc(Br)ccc1F. The smallest absolute Gasteiger partial charge is 0.193 e. The lowest BCUT2D eigenvalue weighted by atomic mass is 10.1. The maximum absolute atomic E-state index is 13.5. The molecule has 5 heteroatoms. The lowest BCUT2D eigenvalue weighted by molar-refractivity contribution is 0.482. The van der Waals surface area contributed by atoms with Gasteiger partial charge in [0.05, 0.1) is 6.04 Å². The van der Waals surface area contributed by atoms with Crippen LogP contribution in [0.3, 0.4) is 0 Å². The maximum atomic E-state index is 13.5. The number of hydrogen-bond acceptors (Lipinski definition) is 2. The summed E-state index contributed by atoms with van der Waals surface area (Å²) < 4.78 is 19.5. The maximum Gasteiger partial charge on any atom is 0.193 e. The van der Waals surface area contributed by atoms with Crippen molar-refractivity contribution < 1.29 is 8.81 Å². The van der Waals surface area contributed by atoms with E-state index in [1.807, 2.05) is 0 Å². The van der Waals surface area contributed by atoms with Gasteiger partial charge in [-0.15, -0.1) is 0 Å². The first-order valence-electron chi connectivity index (χ1n) is 4.53. The third kappa shape index (κ3) is 2.29. The molecular weight excluding hydrogens is 296 g/mol. The summed E-state index contributed by atoms with van der Waals surface area (Å²) in [5.41, 5.74) is 6.25. The lowest BCUT2D eigenvalue weighted by Crippen LogP contribution is -2.12. The van der Waals surface area contributed by atoms with Gasteiger partial charge >= 0.3 is 0 Å². The second-order valence-corrected chi connectivity index (χ2v) is 4.57. The molecule has 0 spiro atoms. The van der Waals surface area contributed by atoms with Crippen molar-refractivity contribution in [3.63, 3.8) is 0 Å². The van der Waals surface area contributed by atoms with Crippen molar-refractivity contribution in [1.82, 2.24) is 0 Å². The van der Waals surface area contributed by atoms with E-state index in [0.29, 0.717) is 11.3 Å². The van der Waals surface area contributed by atoms with Crippen LogP contribution in [0.25, 0.3) is 0 Å². The highest BCUT2D eigenvalue weighted by atomic mass is 79.9. The molecule has 1 aromatic heterocycles. The molecule has 2 aromatic rings. The van der Waals surface area contributed by atoms with E-state index in [0.717, 1.165) is 4.47 Å². The summed E-state index contributed by atoms with van der Waals surface area (Å²) in [4.78, 5) is 0. The van der Waals surface area contributed by atoms with Gasteiger partial charge in [0, 0.05) is 10.0 Å². The monoisotopic (exact) mass is 303 g/mol. The molecule has 2 nitrogen and oxygen atoms in total. The predicted octanol–water partition coefficient (Wildman–Crippen LogP) is 3.88. The van der Waals surface area contributed by atoms with Gasteiger partial charge in [0.1, 0.15) is 11.6 Å². The van der Waals surface area contributed by atoms with Crippen molar-refractivity contribution in [3.8, 4) is 0 Å². The number of rotatable bonds is 2. The van der Waals surface area contributed by atoms with Crippen molar-refractivity contribution in [2.45, 2.75) is 6.04 Å². The van der Waals surface area contributed by atoms with Gasteiger partial charge in [0.25, 0.3) is 0 Å². The Balaban J connectivity index is 2.40. The van der Waals surface area contributed by atoms with E-state index in [2.05, 4.69) is 15.9 Å². The van der Waals surface area contributed by atoms with E-state index in [1.54, 1.807) is 24.3 Å². The molecule has 16 heavy (non-hydrogen) atoms. The van der Waals surface area contributed by atoms with Crippen LogP contribution < -0.4 is 5.73 Å². The molecule has 1 atom stereocenters. The minimum Gasteiger partial charge on any atom is -0.448 e. The molecular formula is C11H8BrClFNO. The van der Waals surface area contributed by atoms with Crippen LogP contribution in [0, 0.1) is 5.82 Å². The third-order valence-electron chi connectivity index (χ3n) is 2.19. The zero-order valence-electron chi connectivity index (χ0n) is 8.08. The molecule has 0 bridgehead atoms. The summed E-state index contributed by atoms with van der Waals surface area (Å²) in [5, 5.41) is 0.237. The Bertz CT molecular complexity index is 514. The molecule has 0 fully saturated rings. The highest BCUT2D eigenvalue weighted by molar-refractivity contribution is 9.10. The van der Waals surface area contributed by atoms with E-state index >= 15 is 0 Å². The van der Waals surface area contributed by atoms with E-state index in [4.69, 9.17) is 21.8 Å². The van der Waals surface area contributed by atoms with Gasteiger partial charge < -0.3 is 10.2 Å². The Morgan fingerprint density at radius 1 is 1.31 bits per heavy atom. The van der Waals surface area contributed by atoms with Gasteiger partial charge in [-0.25, -0.2) is 4.39 Å². The summed E-state index contributed by atoms with van der Waals surface area (Å²) in [6.07, 6.45) is 0. The molecule has 0 saturated heterocycles. The van der Waals surface area contributed by atoms with Gasteiger partial charge in [0.15, 0.2) is 5.22 Å². The summed E-state index contributed by atoms with van der Waals surface area (Å²) in [6.45, 7) is 0. The molecule has 0 amide bonds. The minimum absolute atomic E-state index is 0.237. The van der Waals surface area contributed by atoms with Gasteiger partial charge in [-0.1, -0.05) is 15.9 Å². The lowest BCUT2D eigenvalue weighted by Gasteiger charge is -2.10. The molecule has 0 aliphatic rings. The molecule has 0 aliphatic carbocycles. The van der Waals surface area contributed by atoms with Gasteiger partial charge in [0.2, 0.25) is 0 Å². The second kappa shape index (κ2) is 4.57. The molecule has 0 saturated carbocycles. The van der Waals surface area contributed by atoms with E-state index in [-0.39, 0.29) is 11.0 Å². The Labute approximate surface area is 105 Å². The average Bonchev–Trinajstić information content (AvgIpc) is 2.67.